The average Bonchev–Trinajstić information content (AvgIpc) is 2.34. The van der Waals surface area contributed by atoms with Crippen LogP contribution in [0.15, 0.2) is 17.0 Å². The third-order valence-corrected chi connectivity index (χ3v) is 4.94. The highest BCUT2D eigenvalue weighted by molar-refractivity contribution is 7.89. The van der Waals surface area contributed by atoms with Crippen LogP contribution < -0.4 is 5.73 Å². The van der Waals surface area contributed by atoms with Gasteiger partial charge < -0.3 is 10.8 Å². The topological polar surface area (TPSA) is 83.6 Å². The molecule has 0 atom stereocenters. The monoisotopic (exact) mass is 328 g/mol. The van der Waals surface area contributed by atoms with Gasteiger partial charge in [-0.3, -0.25) is 0 Å². The minimum absolute atomic E-state index is 0.0474. The van der Waals surface area contributed by atoms with Crippen LogP contribution in [0.4, 0.5) is 14.5 Å². The maximum atomic E-state index is 12.4. The summed E-state index contributed by atoms with van der Waals surface area (Å²) < 4.78 is 49.9. The van der Waals surface area contributed by atoms with Gasteiger partial charge in [-0.1, -0.05) is 11.6 Å². The molecule has 0 unspecified atom stereocenters. The lowest BCUT2D eigenvalue weighted by Gasteiger charge is -2.21. The normalized spacial score (nSPS) is 12.3. The van der Waals surface area contributed by atoms with E-state index in [0.29, 0.717) is 9.87 Å². The first-order valence-corrected chi connectivity index (χ1v) is 7.46. The molecule has 0 aliphatic heterocycles. The molecule has 0 saturated heterocycles. The van der Waals surface area contributed by atoms with Crippen molar-refractivity contribution in [3.05, 3.63) is 22.7 Å². The van der Waals surface area contributed by atoms with Crippen LogP contribution in [0.1, 0.15) is 5.56 Å². The quantitative estimate of drug-likeness (QED) is 0.775. The van der Waals surface area contributed by atoms with Crippen LogP contribution in [0.3, 0.4) is 0 Å². The molecule has 0 fully saturated rings. The number of nitrogens with zero attached hydrogens (tertiary/aromatic N) is 1. The van der Waals surface area contributed by atoms with Crippen molar-refractivity contribution in [1.82, 2.24) is 4.31 Å². The molecule has 1 aromatic carbocycles. The molecule has 9 heteroatoms. The van der Waals surface area contributed by atoms with E-state index in [0.717, 1.165) is 6.07 Å². The van der Waals surface area contributed by atoms with Crippen molar-refractivity contribution < 1.29 is 22.3 Å². The van der Waals surface area contributed by atoms with Gasteiger partial charge in [-0.2, -0.15) is 4.31 Å². The largest absolute Gasteiger partial charge is 0.397 e. The van der Waals surface area contributed by atoms with Gasteiger partial charge in [0, 0.05) is 6.54 Å². The number of hydrogen-bond acceptors (Lipinski definition) is 4. The molecule has 0 spiro atoms. The Morgan fingerprint density at radius 1 is 1.45 bits per heavy atom. The zero-order valence-corrected chi connectivity index (χ0v) is 12.3. The molecule has 0 aliphatic carbocycles. The van der Waals surface area contributed by atoms with Crippen molar-refractivity contribution in [1.29, 1.82) is 0 Å². The highest BCUT2D eigenvalue weighted by Gasteiger charge is 2.27. The first kappa shape index (κ1) is 17.1. The smallest absolute Gasteiger partial charge is 0.252 e. The first-order chi connectivity index (χ1) is 9.20. The number of halogens is 3. The highest BCUT2D eigenvalue weighted by atomic mass is 35.5. The standard InChI is InChI=1S/C11H15ClF2N2O3S/c1-7-4-8(5-9(15)11(7)12)20(18,19)16(2-3-17)6-10(13)14/h4-5,10,17H,2-3,6,15H2,1H3. The number of aliphatic hydroxyl groups excluding tert-OH is 1. The molecule has 5 nitrogen and oxygen atoms in total. The van der Waals surface area contributed by atoms with Crippen LogP contribution in [0.25, 0.3) is 0 Å². The molecule has 0 saturated carbocycles. The molecule has 20 heavy (non-hydrogen) atoms. The van der Waals surface area contributed by atoms with Gasteiger partial charge in [0.1, 0.15) is 0 Å². The number of nitrogens with two attached hydrogens (primary N) is 1. The lowest BCUT2D eigenvalue weighted by atomic mass is 10.2. The average molecular weight is 329 g/mol. The molecule has 0 aromatic heterocycles. The number of aryl methyl sites for hydroxylation is 1. The lowest BCUT2D eigenvalue weighted by Crippen LogP contribution is -2.37. The molecule has 0 bridgehead atoms. The zero-order valence-electron chi connectivity index (χ0n) is 10.7. The molecular weight excluding hydrogens is 314 g/mol. The maximum Gasteiger partial charge on any atom is 0.252 e. The fraction of sp³-hybridized carbons (Fsp3) is 0.455. The van der Waals surface area contributed by atoms with E-state index in [1.54, 1.807) is 6.92 Å². The van der Waals surface area contributed by atoms with Gasteiger partial charge in [0.15, 0.2) is 0 Å². The van der Waals surface area contributed by atoms with E-state index in [-0.39, 0.29) is 15.6 Å². The molecule has 1 rings (SSSR count). The van der Waals surface area contributed by atoms with Gasteiger partial charge in [0.05, 0.1) is 28.8 Å². The number of nitrogen functional groups attached to an aromatic ring is 1. The van der Waals surface area contributed by atoms with Crippen LogP contribution in [-0.2, 0) is 10.0 Å². The van der Waals surface area contributed by atoms with Crippen molar-refractivity contribution in [3.8, 4) is 0 Å². The van der Waals surface area contributed by atoms with E-state index < -0.39 is 36.1 Å². The maximum absolute atomic E-state index is 12.4. The summed E-state index contributed by atoms with van der Waals surface area (Å²) in [6, 6.07) is 2.37. The summed E-state index contributed by atoms with van der Waals surface area (Å²) in [5, 5.41) is 9.03. The molecule has 3 N–H and O–H groups in total. The fourth-order valence-electron chi connectivity index (χ4n) is 1.64. The Kier molecular flexibility index (Phi) is 5.69. The lowest BCUT2D eigenvalue weighted by molar-refractivity contribution is 0.113. The number of rotatable bonds is 6. The highest BCUT2D eigenvalue weighted by Crippen LogP contribution is 2.28. The van der Waals surface area contributed by atoms with Gasteiger partial charge in [-0.25, -0.2) is 17.2 Å². The Bertz CT molecular complexity index is 558. The van der Waals surface area contributed by atoms with Crippen molar-refractivity contribution in [3.63, 3.8) is 0 Å². The molecule has 114 valence electrons. The number of benzene rings is 1. The Morgan fingerprint density at radius 2 is 2.05 bits per heavy atom. The Hall–Kier alpha value is -0.960. The van der Waals surface area contributed by atoms with Crippen LogP contribution >= 0.6 is 11.6 Å². The minimum Gasteiger partial charge on any atom is -0.397 e. The number of hydrogen-bond donors (Lipinski definition) is 2. The molecule has 0 heterocycles. The molecule has 0 amide bonds. The third-order valence-electron chi connectivity index (χ3n) is 2.59. The van der Waals surface area contributed by atoms with E-state index in [1.165, 1.54) is 6.07 Å². The zero-order chi connectivity index (χ0) is 15.5. The predicted molar refractivity (Wildman–Crippen MR) is 72.5 cm³/mol. The number of sulfonamides is 1. The van der Waals surface area contributed by atoms with E-state index >= 15 is 0 Å². The third kappa shape index (κ3) is 3.78. The van der Waals surface area contributed by atoms with E-state index in [1.807, 2.05) is 0 Å². The number of anilines is 1. The van der Waals surface area contributed by atoms with E-state index in [9.17, 15) is 17.2 Å². The van der Waals surface area contributed by atoms with Gasteiger partial charge >= 0.3 is 0 Å². The summed E-state index contributed by atoms with van der Waals surface area (Å²) in [5.74, 6) is 0. The Balaban J connectivity index is 3.25. The number of aliphatic hydroxyl groups is 1. The van der Waals surface area contributed by atoms with Crippen LogP contribution in [0.5, 0.6) is 0 Å². The van der Waals surface area contributed by atoms with Gasteiger partial charge in [0.25, 0.3) is 6.43 Å². The second kappa shape index (κ2) is 6.66. The minimum atomic E-state index is -4.17. The van der Waals surface area contributed by atoms with Gasteiger partial charge in [-0.15, -0.1) is 0 Å². The summed E-state index contributed by atoms with van der Waals surface area (Å²) in [6.45, 7) is -0.423. The summed E-state index contributed by atoms with van der Waals surface area (Å²) in [6.07, 6.45) is -2.85. The molecule has 1 aromatic rings. The second-order valence-electron chi connectivity index (χ2n) is 4.12. The summed E-state index contributed by atoms with van der Waals surface area (Å²) in [7, 11) is -4.17. The summed E-state index contributed by atoms with van der Waals surface area (Å²) >= 11 is 5.83. The summed E-state index contributed by atoms with van der Waals surface area (Å²) in [5.41, 5.74) is 6.05. The van der Waals surface area contributed by atoms with Crippen molar-refractivity contribution in [2.75, 3.05) is 25.4 Å². The van der Waals surface area contributed by atoms with E-state index in [4.69, 9.17) is 22.4 Å². The SMILES string of the molecule is Cc1cc(S(=O)(=O)N(CCO)CC(F)F)cc(N)c1Cl. The van der Waals surface area contributed by atoms with Crippen molar-refractivity contribution in [2.45, 2.75) is 18.2 Å². The van der Waals surface area contributed by atoms with Crippen LogP contribution in [0.2, 0.25) is 5.02 Å². The predicted octanol–water partition coefficient (Wildman–Crippen LogP) is 1.48. The van der Waals surface area contributed by atoms with Crippen molar-refractivity contribution >= 4 is 27.3 Å². The Morgan fingerprint density at radius 3 is 2.50 bits per heavy atom. The molecular formula is C11H15ClF2N2O3S. The fourth-order valence-corrected chi connectivity index (χ4v) is 3.28. The second-order valence-corrected chi connectivity index (χ2v) is 6.44. The van der Waals surface area contributed by atoms with E-state index in [2.05, 4.69) is 0 Å². The molecule has 0 aliphatic rings. The van der Waals surface area contributed by atoms with Gasteiger partial charge in [-0.05, 0) is 24.6 Å². The first-order valence-electron chi connectivity index (χ1n) is 5.65. The van der Waals surface area contributed by atoms with Crippen molar-refractivity contribution in [2.24, 2.45) is 0 Å². The van der Waals surface area contributed by atoms with Gasteiger partial charge in [0.2, 0.25) is 10.0 Å². The molecule has 0 radical (unpaired) electrons. The van der Waals surface area contributed by atoms with Crippen LogP contribution in [0, 0.1) is 6.92 Å². The number of alkyl halides is 2. The van der Waals surface area contributed by atoms with Crippen LogP contribution in [-0.4, -0.2) is 44.0 Å². The Labute approximate surface area is 121 Å². The summed E-state index contributed by atoms with van der Waals surface area (Å²) in [4.78, 5) is -0.231.